The zero-order chi connectivity index (χ0) is 20.2. The van der Waals surface area contributed by atoms with Crippen molar-refractivity contribution in [2.75, 3.05) is 26.6 Å². The highest BCUT2D eigenvalue weighted by Crippen LogP contribution is 2.28. The van der Waals surface area contributed by atoms with Crippen LogP contribution in [0.3, 0.4) is 0 Å². The molecule has 0 aliphatic rings. The third-order valence-corrected chi connectivity index (χ3v) is 3.55. The first kappa shape index (κ1) is 22.2. The van der Waals surface area contributed by atoms with Gasteiger partial charge in [-0.25, -0.2) is 4.98 Å². The van der Waals surface area contributed by atoms with Crippen LogP contribution in [0, 0.1) is 12.3 Å². The number of aromatic nitrogens is 1. The molecule has 146 valence electrons. The molecule has 27 heavy (non-hydrogen) atoms. The predicted molar refractivity (Wildman–Crippen MR) is 113 cm³/mol. The minimum atomic E-state index is 0.271. The van der Waals surface area contributed by atoms with E-state index in [0.29, 0.717) is 23.7 Å². The summed E-state index contributed by atoms with van der Waals surface area (Å²) >= 11 is 0. The Labute approximate surface area is 162 Å². The number of rotatable bonds is 7. The Morgan fingerprint density at radius 3 is 2.52 bits per heavy atom. The van der Waals surface area contributed by atoms with Crippen molar-refractivity contribution in [1.82, 2.24) is 4.98 Å². The van der Waals surface area contributed by atoms with Gasteiger partial charge in [-0.3, -0.25) is 10.4 Å². The lowest BCUT2D eigenvalue weighted by Gasteiger charge is -2.15. The van der Waals surface area contributed by atoms with Crippen LogP contribution < -0.4 is 14.8 Å². The lowest BCUT2D eigenvalue weighted by Crippen LogP contribution is -2.09. The molecule has 6 heteroatoms. The molecule has 0 fully saturated rings. The molecular formula is C21H30N4O2. The highest BCUT2D eigenvalue weighted by molar-refractivity contribution is 6.37. The number of anilines is 1. The number of benzene rings is 1. The van der Waals surface area contributed by atoms with Gasteiger partial charge >= 0.3 is 0 Å². The fourth-order valence-electron chi connectivity index (χ4n) is 2.37. The molecule has 0 spiro atoms. The van der Waals surface area contributed by atoms with Gasteiger partial charge in [-0.15, -0.1) is 0 Å². The maximum atomic E-state index is 8.05. The standard InChI is InChI=1S/C18H22N4O2.C3H8/c1-12-5-6-13(16(9-12)23-3)10-22-18-17(24-4)14(7-8-21-18)15(19)11-20-2;1-3-2/h5-9,11,19H,10H2,1-4H3,(H,21,22);3H2,1-2H3. The molecule has 0 saturated heterocycles. The first-order chi connectivity index (χ1) is 13.0. The fourth-order valence-corrected chi connectivity index (χ4v) is 2.37. The number of nitrogens with zero attached hydrogens (tertiary/aromatic N) is 2. The van der Waals surface area contributed by atoms with Crippen molar-refractivity contribution < 1.29 is 9.47 Å². The molecule has 0 amide bonds. The van der Waals surface area contributed by atoms with Crippen LogP contribution in [0.1, 0.15) is 37.0 Å². The van der Waals surface area contributed by atoms with Crippen LogP contribution in [0.15, 0.2) is 35.5 Å². The quantitative estimate of drug-likeness (QED) is 0.703. The van der Waals surface area contributed by atoms with E-state index >= 15 is 0 Å². The summed E-state index contributed by atoms with van der Waals surface area (Å²) in [5.74, 6) is 1.92. The zero-order valence-electron chi connectivity index (χ0n) is 17.1. The van der Waals surface area contributed by atoms with E-state index in [1.165, 1.54) is 12.6 Å². The molecule has 0 aliphatic heterocycles. The van der Waals surface area contributed by atoms with Gasteiger partial charge in [-0.05, 0) is 24.6 Å². The van der Waals surface area contributed by atoms with Crippen LogP contribution in [0.25, 0.3) is 0 Å². The van der Waals surface area contributed by atoms with Gasteiger partial charge in [0.25, 0.3) is 0 Å². The van der Waals surface area contributed by atoms with E-state index in [4.69, 9.17) is 14.9 Å². The molecular weight excluding hydrogens is 340 g/mol. The summed E-state index contributed by atoms with van der Waals surface area (Å²) in [5, 5.41) is 11.3. The predicted octanol–water partition coefficient (Wildman–Crippen LogP) is 4.50. The van der Waals surface area contributed by atoms with E-state index in [1.807, 2.05) is 25.1 Å². The van der Waals surface area contributed by atoms with Crippen molar-refractivity contribution in [2.24, 2.45) is 4.99 Å². The Balaban J connectivity index is 0.00000114. The molecule has 6 nitrogen and oxygen atoms in total. The number of methoxy groups -OCH3 is 2. The maximum absolute atomic E-state index is 8.05. The second kappa shape index (κ2) is 11.7. The van der Waals surface area contributed by atoms with Crippen molar-refractivity contribution in [1.29, 1.82) is 5.41 Å². The van der Waals surface area contributed by atoms with Crippen molar-refractivity contribution in [3.8, 4) is 11.5 Å². The summed E-state index contributed by atoms with van der Waals surface area (Å²) in [4.78, 5) is 8.20. The minimum Gasteiger partial charge on any atom is -0.496 e. The van der Waals surface area contributed by atoms with E-state index < -0.39 is 0 Å². The number of aryl methyl sites for hydroxylation is 1. The van der Waals surface area contributed by atoms with E-state index in [0.717, 1.165) is 16.9 Å². The van der Waals surface area contributed by atoms with Gasteiger partial charge in [0, 0.05) is 37.1 Å². The van der Waals surface area contributed by atoms with E-state index in [1.54, 1.807) is 33.5 Å². The maximum Gasteiger partial charge on any atom is 0.170 e. The molecule has 2 N–H and O–H groups in total. The molecule has 0 bridgehead atoms. The van der Waals surface area contributed by atoms with Crippen LogP contribution in [-0.4, -0.2) is 38.2 Å². The molecule has 0 atom stereocenters. The molecule has 1 aromatic heterocycles. The van der Waals surface area contributed by atoms with Gasteiger partial charge in [-0.1, -0.05) is 32.4 Å². The van der Waals surface area contributed by atoms with Crippen LogP contribution in [0.5, 0.6) is 11.5 Å². The first-order valence-corrected chi connectivity index (χ1v) is 8.93. The summed E-state index contributed by atoms with van der Waals surface area (Å²) in [5.41, 5.74) is 3.06. The number of hydrogen-bond acceptors (Lipinski definition) is 6. The third kappa shape index (κ3) is 6.40. The fraction of sp³-hybridized carbons (Fsp3) is 0.381. The minimum absolute atomic E-state index is 0.271. The second-order valence-corrected chi connectivity index (χ2v) is 5.92. The summed E-state index contributed by atoms with van der Waals surface area (Å²) in [6.45, 7) is 6.81. The van der Waals surface area contributed by atoms with Gasteiger partial charge < -0.3 is 14.8 Å². The largest absolute Gasteiger partial charge is 0.496 e. The summed E-state index contributed by atoms with van der Waals surface area (Å²) in [7, 11) is 4.85. The normalized spacial score (nSPS) is 10.1. The molecule has 2 aromatic rings. The number of ether oxygens (including phenoxy) is 2. The number of aliphatic imine (C=N–C) groups is 1. The van der Waals surface area contributed by atoms with Gasteiger partial charge in [0.05, 0.1) is 19.9 Å². The van der Waals surface area contributed by atoms with Crippen LogP contribution in [-0.2, 0) is 6.54 Å². The van der Waals surface area contributed by atoms with Crippen molar-refractivity contribution >= 4 is 17.7 Å². The van der Waals surface area contributed by atoms with Crippen LogP contribution in [0.4, 0.5) is 5.82 Å². The Hall–Kier alpha value is -2.89. The number of pyridine rings is 1. The van der Waals surface area contributed by atoms with Crippen molar-refractivity contribution in [3.63, 3.8) is 0 Å². The lowest BCUT2D eigenvalue weighted by molar-refractivity contribution is 0.409. The first-order valence-electron chi connectivity index (χ1n) is 8.93. The SMILES string of the molecule is CCC.CN=CC(=N)c1ccnc(NCc2ccc(C)cc2OC)c1OC. The van der Waals surface area contributed by atoms with E-state index in [-0.39, 0.29) is 5.71 Å². The molecule has 1 heterocycles. The highest BCUT2D eigenvalue weighted by atomic mass is 16.5. The summed E-state index contributed by atoms with van der Waals surface area (Å²) in [6, 6.07) is 7.78. The highest BCUT2D eigenvalue weighted by Gasteiger charge is 2.14. The molecule has 1 aromatic carbocycles. The molecule has 0 aliphatic carbocycles. The topological polar surface area (TPSA) is 79.6 Å². The van der Waals surface area contributed by atoms with E-state index in [9.17, 15) is 0 Å². The lowest BCUT2D eigenvalue weighted by atomic mass is 10.1. The molecule has 0 radical (unpaired) electrons. The number of hydrogen-bond donors (Lipinski definition) is 2. The Bertz CT molecular complexity index is 773. The van der Waals surface area contributed by atoms with Crippen LogP contribution in [0.2, 0.25) is 0 Å². The van der Waals surface area contributed by atoms with Crippen molar-refractivity contribution in [2.45, 2.75) is 33.7 Å². The van der Waals surface area contributed by atoms with E-state index in [2.05, 4.69) is 29.1 Å². The Morgan fingerprint density at radius 2 is 1.93 bits per heavy atom. The van der Waals surface area contributed by atoms with Gasteiger partial charge in [0.1, 0.15) is 5.75 Å². The third-order valence-electron chi connectivity index (χ3n) is 3.55. The Kier molecular flexibility index (Phi) is 9.58. The smallest absolute Gasteiger partial charge is 0.170 e. The molecule has 2 rings (SSSR count). The van der Waals surface area contributed by atoms with Crippen LogP contribution >= 0.6 is 0 Å². The van der Waals surface area contributed by atoms with Gasteiger partial charge in [0.15, 0.2) is 11.6 Å². The second-order valence-electron chi connectivity index (χ2n) is 5.92. The molecule has 0 unspecified atom stereocenters. The summed E-state index contributed by atoms with van der Waals surface area (Å²) in [6.07, 6.45) is 4.37. The summed E-state index contributed by atoms with van der Waals surface area (Å²) < 4.78 is 10.9. The average Bonchev–Trinajstić information content (AvgIpc) is 2.67. The molecule has 0 saturated carbocycles. The monoisotopic (exact) mass is 370 g/mol. The zero-order valence-corrected chi connectivity index (χ0v) is 17.1. The van der Waals surface area contributed by atoms with Crippen molar-refractivity contribution in [3.05, 3.63) is 47.2 Å². The number of nitrogens with one attached hydrogen (secondary N) is 2. The van der Waals surface area contributed by atoms with Gasteiger partial charge in [-0.2, -0.15) is 0 Å². The van der Waals surface area contributed by atoms with Gasteiger partial charge in [0.2, 0.25) is 0 Å². The average molecular weight is 370 g/mol. The Morgan fingerprint density at radius 1 is 1.22 bits per heavy atom.